The standard InChI is InChI=1S/C18H26F3N3O3S.HI/c1-3-22-17(23-8-11-28(25,26)4-2)24-9-10-27-16(13-24)14-6-5-7-15(12-14)18(19,20)21;/h5-7,12,16H,3-4,8-11,13H2,1-2H3,(H,22,23);1H. The van der Waals surface area contributed by atoms with Gasteiger partial charge in [0.15, 0.2) is 15.8 Å². The Hall–Kier alpha value is -1.08. The van der Waals surface area contributed by atoms with Gasteiger partial charge in [0.05, 0.1) is 31.0 Å². The molecule has 1 fully saturated rings. The number of sulfone groups is 1. The summed E-state index contributed by atoms with van der Waals surface area (Å²) in [5, 5.41) is 3.11. The Labute approximate surface area is 186 Å². The zero-order valence-electron chi connectivity index (χ0n) is 16.4. The lowest BCUT2D eigenvalue weighted by Gasteiger charge is -2.35. The average molecular weight is 549 g/mol. The van der Waals surface area contributed by atoms with Gasteiger partial charge >= 0.3 is 6.18 Å². The van der Waals surface area contributed by atoms with Crippen LogP contribution in [-0.4, -0.2) is 63.6 Å². The molecule has 0 aromatic heterocycles. The highest BCUT2D eigenvalue weighted by molar-refractivity contribution is 14.0. The second kappa shape index (κ2) is 11.3. The maximum atomic E-state index is 13.0. The fourth-order valence-corrected chi connectivity index (χ4v) is 3.48. The van der Waals surface area contributed by atoms with Gasteiger partial charge in [-0.15, -0.1) is 24.0 Å². The fraction of sp³-hybridized carbons (Fsp3) is 0.611. The molecule has 1 heterocycles. The molecule has 0 saturated carbocycles. The van der Waals surface area contributed by atoms with E-state index in [4.69, 9.17) is 4.74 Å². The van der Waals surface area contributed by atoms with Gasteiger partial charge in [-0.3, -0.25) is 4.99 Å². The summed E-state index contributed by atoms with van der Waals surface area (Å²) in [6.07, 6.45) is -4.94. The molecule has 1 aliphatic rings. The number of nitrogens with one attached hydrogen (secondary N) is 1. The molecule has 2 rings (SSSR count). The van der Waals surface area contributed by atoms with Crippen molar-refractivity contribution in [1.82, 2.24) is 10.2 Å². The summed E-state index contributed by atoms with van der Waals surface area (Å²) in [6, 6.07) is 5.12. The highest BCUT2D eigenvalue weighted by atomic mass is 127. The number of rotatable bonds is 6. The van der Waals surface area contributed by atoms with Crippen LogP contribution in [0.25, 0.3) is 0 Å². The van der Waals surface area contributed by atoms with E-state index in [1.807, 2.05) is 11.8 Å². The van der Waals surface area contributed by atoms with Crippen LogP contribution < -0.4 is 5.32 Å². The molecule has 1 unspecified atom stereocenters. The predicted molar refractivity (Wildman–Crippen MR) is 117 cm³/mol. The molecule has 1 saturated heterocycles. The van der Waals surface area contributed by atoms with E-state index in [-0.39, 0.29) is 42.0 Å². The number of morpholine rings is 1. The summed E-state index contributed by atoms with van der Waals surface area (Å²) in [6.45, 7) is 5.37. The lowest BCUT2D eigenvalue weighted by Crippen LogP contribution is -2.48. The molecule has 11 heteroatoms. The first-order valence-corrected chi connectivity index (χ1v) is 11.0. The van der Waals surface area contributed by atoms with Crippen molar-refractivity contribution in [1.29, 1.82) is 0 Å². The van der Waals surface area contributed by atoms with Gasteiger partial charge in [-0.25, -0.2) is 8.42 Å². The van der Waals surface area contributed by atoms with E-state index in [9.17, 15) is 21.6 Å². The Morgan fingerprint density at radius 3 is 2.69 bits per heavy atom. The van der Waals surface area contributed by atoms with Crippen molar-refractivity contribution in [3.05, 3.63) is 35.4 Å². The second-order valence-electron chi connectivity index (χ2n) is 6.40. The van der Waals surface area contributed by atoms with Crippen LogP contribution >= 0.6 is 24.0 Å². The van der Waals surface area contributed by atoms with Crippen molar-refractivity contribution >= 4 is 39.8 Å². The third-order valence-electron chi connectivity index (χ3n) is 4.39. The molecule has 0 amide bonds. The molecule has 1 aliphatic heterocycles. The number of benzene rings is 1. The number of aliphatic imine (C=N–C) groups is 1. The molecule has 0 aliphatic carbocycles. The Morgan fingerprint density at radius 2 is 2.07 bits per heavy atom. The minimum atomic E-state index is -4.41. The van der Waals surface area contributed by atoms with Gasteiger partial charge in [-0.05, 0) is 24.6 Å². The molecule has 0 radical (unpaired) electrons. The molecule has 1 atom stereocenters. The largest absolute Gasteiger partial charge is 0.416 e. The third kappa shape index (κ3) is 7.93. The Kier molecular flexibility index (Phi) is 10.2. The molecule has 166 valence electrons. The molecular weight excluding hydrogens is 522 g/mol. The van der Waals surface area contributed by atoms with Crippen molar-refractivity contribution < 1.29 is 26.3 Å². The van der Waals surface area contributed by atoms with Crippen LogP contribution in [0.15, 0.2) is 29.3 Å². The van der Waals surface area contributed by atoms with Gasteiger partial charge in [-0.1, -0.05) is 19.1 Å². The number of halogens is 4. The van der Waals surface area contributed by atoms with Gasteiger partial charge < -0.3 is 15.0 Å². The first-order chi connectivity index (χ1) is 13.2. The highest BCUT2D eigenvalue weighted by Gasteiger charge is 2.32. The molecule has 1 aromatic carbocycles. The van der Waals surface area contributed by atoms with Crippen molar-refractivity contribution in [2.75, 3.05) is 44.3 Å². The van der Waals surface area contributed by atoms with Crippen LogP contribution in [0, 0.1) is 0 Å². The third-order valence-corrected chi connectivity index (χ3v) is 6.07. The van der Waals surface area contributed by atoms with E-state index >= 15 is 0 Å². The minimum absolute atomic E-state index is 0. The summed E-state index contributed by atoms with van der Waals surface area (Å²) in [5.74, 6) is 0.558. The monoisotopic (exact) mass is 549 g/mol. The minimum Gasteiger partial charge on any atom is -0.370 e. The maximum absolute atomic E-state index is 13.0. The van der Waals surface area contributed by atoms with Crippen LogP contribution in [-0.2, 0) is 20.8 Å². The highest BCUT2D eigenvalue weighted by Crippen LogP contribution is 2.32. The summed E-state index contributed by atoms with van der Waals surface area (Å²) < 4.78 is 67.9. The lowest BCUT2D eigenvalue weighted by molar-refractivity contribution is -0.137. The fourth-order valence-electron chi connectivity index (χ4n) is 2.82. The number of alkyl halides is 3. The first kappa shape index (κ1) is 26.0. The van der Waals surface area contributed by atoms with Crippen LogP contribution in [0.3, 0.4) is 0 Å². The number of nitrogens with zero attached hydrogens (tertiary/aromatic N) is 2. The second-order valence-corrected chi connectivity index (χ2v) is 8.87. The van der Waals surface area contributed by atoms with Gasteiger partial charge in [-0.2, -0.15) is 13.2 Å². The predicted octanol–water partition coefficient (Wildman–Crippen LogP) is 3.10. The zero-order chi connectivity index (χ0) is 20.8. The summed E-state index contributed by atoms with van der Waals surface area (Å²) >= 11 is 0. The van der Waals surface area contributed by atoms with Crippen LogP contribution in [0.1, 0.15) is 31.1 Å². The van der Waals surface area contributed by atoms with E-state index < -0.39 is 27.7 Å². The van der Waals surface area contributed by atoms with Gasteiger partial charge in [0.1, 0.15) is 6.10 Å². The molecule has 1 aromatic rings. The van der Waals surface area contributed by atoms with E-state index in [1.54, 1.807) is 13.0 Å². The quantitative estimate of drug-likeness (QED) is 0.336. The van der Waals surface area contributed by atoms with E-state index in [0.29, 0.717) is 37.8 Å². The molecule has 29 heavy (non-hydrogen) atoms. The molecular formula is C18H27F3IN3O3S. The average Bonchev–Trinajstić information content (AvgIpc) is 2.67. The van der Waals surface area contributed by atoms with Crippen molar-refractivity contribution in [3.63, 3.8) is 0 Å². The van der Waals surface area contributed by atoms with E-state index in [1.165, 1.54) is 6.07 Å². The van der Waals surface area contributed by atoms with Gasteiger partial charge in [0.25, 0.3) is 0 Å². The van der Waals surface area contributed by atoms with Crippen LogP contribution in [0.5, 0.6) is 0 Å². The van der Waals surface area contributed by atoms with Gasteiger partial charge in [0.2, 0.25) is 0 Å². The van der Waals surface area contributed by atoms with Crippen LogP contribution in [0.4, 0.5) is 13.2 Å². The first-order valence-electron chi connectivity index (χ1n) is 9.18. The Bertz CT molecular complexity index is 788. The van der Waals surface area contributed by atoms with Crippen molar-refractivity contribution in [3.8, 4) is 0 Å². The molecule has 0 spiro atoms. The summed E-state index contributed by atoms with van der Waals surface area (Å²) in [7, 11) is -3.12. The normalized spacial score (nSPS) is 18.3. The molecule has 1 N–H and O–H groups in total. The SMILES string of the molecule is CCNC(=NCCS(=O)(=O)CC)N1CCOC(c2cccc(C(F)(F)F)c2)C1.I. The number of hydrogen-bond acceptors (Lipinski definition) is 4. The maximum Gasteiger partial charge on any atom is 0.416 e. The van der Waals surface area contributed by atoms with E-state index in [2.05, 4.69) is 10.3 Å². The summed E-state index contributed by atoms with van der Waals surface area (Å²) in [5.41, 5.74) is -0.264. The Balaban J connectivity index is 0.00000420. The topological polar surface area (TPSA) is 71.0 Å². The van der Waals surface area contributed by atoms with Crippen molar-refractivity contribution in [2.24, 2.45) is 4.99 Å². The van der Waals surface area contributed by atoms with Crippen molar-refractivity contribution in [2.45, 2.75) is 26.1 Å². The van der Waals surface area contributed by atoms with E-state index in [0.717, 1.165) is 12.1 Å². The number of ether oxygens (including phenoxy) is 1. The molecule has 6 nitrogen and oxygen atoms in total. The lowest BCUT2D eigenvalue weighted by atomic mass is 10.0. The van der Waals surface area contributed by atoms with Gasteiger partial charge in [0, 0.05) is 18.8 Å². The zero-order valence-corrected chi connectivity index (χ0v) is 19.6. The smallest absolute Gasteiger partial charge is 0.370 e. The number of guanidine groups is 1. The number of hydrogen-bond donors (Lipinski definition) is 1. The Morgan fingerprint density at radius 1 is 1.34 bits per heavy atom. The molecule has 0 bridgehead atoms. The van der Waals surface area contributed by atoms with Crippen LogP contribution in [0.2, 0.25) is 0 Å². The summed E-state index contributed by atoms with van der Waals surface area (Å²) in [4.78, 5) is 6.26.